The van der Waals surface area contributed by atoms with E-state index < -0.39 is 5.97 Å². The van der Waals surface area contributed by atoms with Gasteiger partial charge in [-0.05, 0) is 85.8 Å². The molecule has 0 bridgehead atoms. The van der Waals surface area contributed by atoms with E-state index in [2.05, 4.69) is 35.5 Å². The Labute approximate surface area is 201 Å². The van der Waals surface area contributed by atoms with E-state index in [1.807, 2.05) is 0 Å². The number of fused-ring (bicyclic) bond motifs is 5. The second-order valence-electron chi connectivity index (χ2n) is 11.2. The third kappa shape index (κ3) is 3.73. The molecule has 3 saturated carbocycles. The molecule has 7 heteroatoms. The van der Waals surface area contributed by atoms with Gasteiger partial charge in [0.2, 0.25) is 11.8 Å². The molecule has 7 nitrogen and oxygen atoms in total. The number of carbonyl (C=O) groups is 3. The standard InChI is InChI=1S/C27H35N3O4/c1-26-12-10-20-18(6-8-21-27(20,2)13-11-23(31)29-21)19(26)7-5-17(26)14-24(32)30-22-9-4-16(15-28-22)25(33)34-3/h4,9,11,13,15,17-21H,5-8,10,12,14H2,1-3H3,(H,29,31)(H,28,30,32)/t17?,18-,19-,20-,21+,26+,27+/m0/s1. The lowest BCUT2D eigenvalue weighted by Gasteiger charge is -2.59. The molecule has 0 radical (unpaired) electrons. The summed E-state index contributed by atoms with van der Waals surface area (Å²) in [6.07, 6.45) is 12.6. The Balaban J connectivity index is 1.25. The molecule has 4 aliphatic rings. The number of ether oxygens (including phenoxy) is 1. The molecule has 3 fully saturated rings. The smallest absolute Gasteiger partial charge is 0.339 e. The van der Waals surface area contributed by atoms with Crippen LogP contribution in [-0.2, 0) is 14.3 Å². The van der Waals surface area contributed by atoms with E-state index in [0.717, 1.165) is 32.1 Å². The van der Waals surface area contributed by atoms with Gasteiger partial charge in [-0.1, -0.05) is 19.9 Å². The molecular formula is C27H35N3O4. The lowest BCUT2D eigenvalue weighted by Crippen LogP contribution is -2.59. The van der Waals surface area contributed by atoms with Crippen molar-refractivity contribution in [2.24, 2.45) is 34.5 Å². The van der Waals surface area contributed by atoms with Crippen molar-refractivity contribution < 1.29 is 19.1 Å². The average Bonchev–Trinajstić information content (AvgIpc) is 3.15. The first-order chi connectivity index (χ1) is 16.2. The Kier molecular flexibility index (Phi) is 5.77. The number of carbonyl (C=O) groups excluding carboxylic acids is 3. The monoisotopic (exact) mass is 465 g/mol. The highest BCUT2D eigenvalue weighted by Crippen LogP contribution is 2.65. The molecule has 7 atom stereocenters. The molecule has 2 amide bonds. The average molecular weight is 466 g/mol. The molecule has 34 heavy (non-hydrogen) atoms. The maximum atomic E-state index is 12.9. The number of nitrogens with one attached hydrogen (secondary N) is 2. The van der Waals surface area contributed by atoms with Crippen LogP contribution in [0.3, 0.4) is 0 Å². The topological polar surface area (TPSA) is 97.4 Å². The number of hydrogen-bond acceptors (Lipinski definition) is 5. The molecule has 0 spiro atoms. The van der Waals surface area contributed by atoms with E-state index in [-0.39, 0.29) is 28.7 Å². The van der Waals surface area contributed by atoms with Gasteiger partial charge in [-0.15, -0.1) is 0 Å². The lowest BCUT2D eigenvalue weighted by atomic mass is 9.48. The zero-order valence-electron chi connectivity index (χ0n) is 20.3. The van der Waals surface area contributed by atoms with E-state index in [0.29, 0.717) is 41.5 Å². The zero-order chi connectivity index (χ0) is 24.1. The molecule has 1 unspecified atom stereocenters. The highest BCUT2D eigenvalue weighted by atomic mass is 16.5. The van der Waals surface area contributed by atoms with Crippen LogP contribution >= 0.6 is 0 Å². The van der Waals surface area contributed by atoms with Gasteiger partial charge in [0.1, 0.15) is 5.82 Å². The number of anilines is 1. The van der Waals surface area contributed by atoms with Gasteiger partial charge >= 0.3 is 5.97 Å². The fourth-order valence-corrected chi connectivity index (χ4v) is 7.90. The molecule has 1 aliphatic heterocycles. The minimum absolute atomic E-state index is 0.0130. The van der Waals surface area contributed by atoms with Gasteiger partial charge in [-0.2, -0.15) is 0 Å². The Hall–Kier alpha value is -2.70. The van der Waals surface area contributed by atoms with Crippen LogP contribution in [0.15, 0.2) is 30.5 Å². The van der Waals surface area contributed by atoms with Gasteiger partial charge < -0.3 is 15.4 Å². The minimum atomic E-state index is -0.445. The van der Waals surface area contributed by atoms with Crippen LogP contribution in [0.1, 0.15) is 69.2 Å². The summed E-state index contributed by atoms with van der Waals surface area (Å²) in [7, 11) is 1.33. The van der Waals surface area contributed by atoms with Crippen LogP contribution in [0.5, 0.6) is 0 Å². The van der Waals surface area contributed by atoms with Crippen LogP contribution < -0.4 is 10.6 Å². The molecule has 5 rings (SSSR count). The van der Waals surface area contributed by atoms with Crippen molar-refractivity contribution in [1.29, 1.82) is 0 Å². The van der Waals surface area contributed by atoms with Crippen molar-refractivity contribution in [3.63, 3.8) is 0 Å². The summed E-state index contributed by atoms with van der Waals surface area (Å²) in [6.45, 7) is 4.75. The van der Waals surface area contributed by atoms with Gasteiger partial charge in [0.15, 0.2) is 0 Å². The largest absolute Gasteiger partial charge is 0.465 e. The molecule has 2 heterocycles. The second kappa shape index (κ2) is 8.51. The summed E-state index contributed by atoms with van der Waals surface area (Å²) in [5.41, 5.74) is 0.570. The van der Waals surface area contributed by atoms with Crippen molar-refractivity contribution in [2.75, 3.05) is 12.4 Å². The van der Waals surface area contributed by atoms with Gasteiger partial charge in [0.25, 0.3) is 0 Å². The van der Waals surface area contributed by atoms with Crippen LogP contribution in [0, 0.1) is 34.5 Å². The molecule has 0 aromatic carbocycles. The summed E-state index contributed by atoms with van der Waals surface area (Å²) in [4.78, 5) is 40.6. The number of amides is 2. The Morgan fingerprint density at radius 1 is 1.15 bits per heavy atom. The number of hydrogen-bond donors (Lipinski definition) is 2. The fourth-order valence-electron chi connectivity index (χ4n) is 7.90. The third-order valence-corrected chi connectivity index (χ3v) is 9.77. The number of pyridine rings is 1. The van der Waals surface area contributed by atoms with Crippen molar-refractivity contribution in [1.82, 2.24) is 10.3 Å². The SMILES string of the molecule is COC(=O)c1ccc(NC(=O)CC2CC[C@H]3[C@@H]4CC[C@H]5NC(=O)C=C[C@]5(C)[C@H]4CC[C@]23C)nc1. The molecule has 1 aromatic heterocycles. The van der Waals surface area contributed by atoms with E-state index in [4.69, 9.17) is 4.74 Å². The first kappa shape index (κ1) is 23.1. The molecule has 0 saturated heterocycles. The Morgan fingerprint density at radius 2 is 1.97 bits per heavy atom. The minimum Gasteiger partial charge on any atom is -0.465 e. The van der Waals surface area contributed by atoms with E-state index in [1.165, 1.54) is 19.7 Å². The van der Waals surface area contributed by atoms with Crippen LogP contribution in [0.25, 0.3) is 0 Å². The second-order valence-corrected chi connectivity index (χ2v) is 11.2. The number of methoxy groups -OCH3 is 1. The van der Waals surface area contributed by atoms with Crippen molar-refractivity contribution in [2.45, 2.75) is 64.8 Å². The predicted molar refractivity (Wildman–Crippen MR) is 128 cm³/mol. The quantitative estimate of drug-likeness (QED) is 0.652. The lowest BCUT2D eigenvalue weighted by molar-refractivity contribution is -0.123. The highest BCUT2D eigenvalue weighted by Gasteiger charge is 2.59. The van der Waals surface area contributed by atoms with Gasteiger partial charge in [0.05, 0.1) is 12.7 Å². The summed E-state index contributed by atoms with van der Waals surface area (Å²) >= 11 is 0. The van der Waals surface area contributed by atoms with Crippen LogP contribution in [0.4, 0.5) is 5.82 Å². The fraction of sp³-hybridized carbons (Fsp3) is 0.630. The van der Waals surface area contributed by atoms with Crippen LogP contribution in [-0.4, -0.2) is 35.9 Å². The van der Waals surface area contributed by atoms with Gasteiger partial charge in [-0.25, -0.2) is 9.78 Å². The maximum Gasteiger partial charge on any atom is 0.339 e. The van der Waals surface area contributed by atoms with Gasteiger partial charge in [-0.3, -0.25) is 9.59 Å². The predicted octanol–water partition coefficient (Wildman–Crippen LogP) is 4.11. The molecular weight excluding hydrogens is 430 g/mol. The molecule has 3 aliphatic carbocycles. The van der Waals surface area contributed by atoms with Crippen molar-refractivity contribution in [3.05, 3.63) is 36.0 Å². The van der Waals surface area contributed by atoms with Gasteiger partial charge in [0, 0.05) is 24.1 Å². The first-order valence-electron chi connectivity index (χ1n) is 12.6. The number of nitrogens with zero attached hydrogens (tertiary/aromatic N) is 1. The summed E-state index contributed by atoms with van der Waals surface area (Å²) in [6, 6.07) is 3.50. The Bertz CT molecular complexity index is 1020. The number of esters is 1. The van der Waals surface area contributed by atoms with E-state index in [9.17, 15) is 14.4 Å². The summed E-state index contributed by atoms with van der Waals surface area (Å²) in [5.74, 6) is 2.28. The third-order valence-electron chi connectivity index (χ3n) is 9.77. The highest BCUT2D eigenvalue weighted by molar-refractivity contribution is 5.92. The van der Waals surface area contributed by atoms with Crippen molar-refractivity contribution >= 4 is 23.6 Å². The molecule has 182 valence electrons. The van der Waals surface area contributed by atoms with Crippen molar-refractivity contribution in [3.8, 4) is 0 Å². The number of rotatable bonds is 4. The Morgan fingerprint density at radius 3 is 2.71 bits per heavy atom. The zero-order valence-corrected chi connectivity index (χ0v) is 20.3. The molecule has 1 aromatic rings. The summed E-state index contributed by atoms with van der Waals surface area (Å²) < 4.78 is 4.70. The maximum absolute atomic E-state index is 12.9. The van der Waals surface area contributed by atoms with E-state index in [1.54, 1.807) is 18.2 Å². The summed E-state index contributed by atoms with van der Waals surface area (Å²) in [5, 5.41) is 6.14. The first-order valence-corrected chi connectivity index (χ1v) is 12.6. The normalized spacial score (nSPS) is 38.2. The van der Waals surface area contributed by atoms with Crippen LogP contribution in [0.2, 0.25) is 0 Å². The number of aromatic nitrogens is 1. The molecule has 2 N–H and O–H groups in total. The van der Waals surface area contributed by atoms with E-state index >= 15 is 0 Å².